The molecule has 2 nitrogen and oxygen atoms in total. The Morgan fingerprint density at radius 1 is 0.326 bits per heavy atom. The molecule has 0 N–H and O–H groups in total. The van der Waals surface area contributed by atoms with Gasteiger partial charge in [0.05, 0.1) is 11.4 Å². The third kappa shape index (κ3) is 5.61. The summed E-state index contributed by atoms with van der Waals surface area (Å²) in [7, 11) is 0. The van der Waals surface area contributed by atoms with Crippen LogP contribution >= 0.6 is 11.6 Å². The quantitative estimate of drug-likeness (QED) is 0.199. The number of benzene rings is 5. The van der Waals surface area contributed by atoms with Gasteiger partial charge in [-0.2, -0.15) is 0 Å². The van der Waals surface area contributed by atoms with Crippen LogP contribution in [0.15, 0.2) is 164 Å². The van der Waals surface area contributed by atoms with Crippen LogP contribution in [0.1, 0.15) is 0 Å². The van der Waals surface area contributed by atoms with E-state index in [0.717, 1.165) is 67.0 Å². The summed E-state index contributed by atoms with van der Waals surface area (Å²) in [6, 6.07) is 52.5. The Labute approximate surface area is 257 Å². The zero-order valence-corrected chi connectivity index (χ0v) is 24.1. The fourth-order valence-corrected chi connectivity index (χ4v) is 5.82. The number of rotatable bonds is 6. The summed E-state index contributed by atoms with van der Waals surface area (Å²) in [5.74, 6) is 0. The van der Waals surface area contributed by atoms with Crippen molar-refractivity contribution < 1.29 is 0 Å². The normalized spacial score (nSPS) is 10.9. The highest BCUT2D eigenvalue weighted by Crippen LogP contribution is 2.39. The number of halogens is 1. The zero-order valence-electron chi connectivity index (χ0n) is 23.4. The smallest absolute Gasteiger partial charge is 0.0701 e. The second-order valence-electron chi connectivity index (χ2n) is 10.4. The van der Waals surface area contributed by atoms with Crippen molar-refractivity contribution >= 4 is 11.6 Å². The van der Waals surface area contributed by atoms with Gasteiger partial charge in [0.15, 0.2) is 0 Å². The van der Waals surface area contributed by atoms with Gasteiger partial charge in [0.25, 0.3) is 0 Å². The van der Waals surface area contributed by atoms with Crippen molar-refractivity contribution in [3.8, 4) is 67.0 Å². The van der Waals surface area contributed by atoms with Crippen molar-refractivity contribution in [3.05, 3.63) is 169 Å². The summed E-state index contributed by atoms with van der Waals surface area (Å²) >= 11 is 6.81. The third-order valence-corrected chi connectivity index (χ3v) is 7.91. The van der Waals surface area contributed by atoms with Gasteiger partial charge in [-0.3, -0.25) is 9.97 Å². The average molecular weight is 571 g/mol. The lowest BCUT2D eigenvalue weighted by molar-refractivity contribution is 1.33. The Balaban J connectivity index is 1.26. The van der Waals surface area contributed by atoms with Crippen LogP contribution in [0.3, 0.4) is 0 Å². The van der Waals surface area contributed by atoms with Gasteiger partial charge in [0.2, 0.25) is 0 Å². The predicted octanol–water partition coefficient (Wildman–Crippen LogP) is 11.1. The first-order chi connectivity index (χ1) is 21.2. The predicted molar refractivity (Wildman–Crippen MR) is 180 cm³/mol. The van der Waals surface area contributed by atoms with Crippen molar-refractivity contribution in [2.24, 2.45) is 0 Å². The second-order valence-corrected chi connectivity index (χ2v) is 10.8. The molecule has 0 aliphatic rings. The van der Waals surface area contributed by atoms with Crippen molar-refractivity contribution in [2.45, 2.75) is 0 Å². The molecular formula is C40H27ClN2. The Hall–Kier alpha value is -5.31. The SMILES string of the molecule is Clc1cc(-c2ccccc2-c2ccc(-c3ccccn3)cc2)cc(-c2ccccc2-c2ccc(-c3ccccn3)cc2)c1. The fraction of sp³-hybridized carbons (Fsp3) is 0. The lowest BCUT2D eigenvalue weighted by atomic mass is 9.90. The van der Waals surface area contributed by atoms with E-state index in [1.54, 1.807) is 0 Å². The summed E-state index contributed by atoms with van der Waals surface area (Å²) in [5, 5.41) is 0.702. The lowest BCUT2D eigenvalue weighted by Gasteiger charge is -2.15. The van der Waals surface area contributed by atoms with Crippen molar-refractivity contribution in [2.75, 3.05) is 0 Å². The molecule has 43 heavy (non-hydrogen) atoms. The first-order valence-electron chi connectivity index (χ1n) is 14.3. The number of hydrogen-bond donors (Lipinski definition) is 0. The maximum Gasteiger partial charge on any atom is 0.0701 e. The highest BCUT2D eigenvalue weighted by Gasteiger charge is 2.13. The minimum absolute atomic E-state index is 0.702. The fourth-order valence-electron chi connectivity index (χ4n) is 5.58. The summed E-state index contributed by atoms with van der Waals surface area (Å²) in [4.78, 5) is 8.99. The minimum atomic E-state index is 0.702. The van der Waals surface area contributed by atoms with E-state index in [4.69, 9.17) is 11.6 Å². The Morgan fingerprint density at radius 2 is 0.674 bits per heavy atom. The topological polar surface area (TPSA) is 25.8 Å². The van der Waals surface area contributed by atoms with Gasteiger partial charge in [-0.15, -0.1) is 0 Å². The van der Waals surface area contributed by atoms with E-state index >= 15 is 0 Å². The van der Waals surface area contributed by atoms with Gasteiger partial charge in [0, 0.05) is 28.5 Å². The van der Waals surface area contributed by atoms with Crippen LogP contribution in [0, 0.1) is 0 Å². The number of aromatic nitrogens is 2. The lowest BCUT2D eigenvalue weighted by Crippen LogP contribution is -1.90. The molecule has 0 spiro atoms. The molecule has 0 atom stereocenters. The van der Waals surface area contributed by atoms with Gasteiger partial charge in [0.1, 0.15) is 0 Å². The molecule has 0 radical (unpaired) electrons. The Morgan fingerprint density at radius 3 is 1.05 bits per heavy atom. The average Bonchev–Trinajstić information content (AvgIpc) is 3.09. The molecule has 0 aliphatic heterocycles. The van der Waals surface area contributed by atoms with E-state index in [2.05, 4.69) is 125 Å². The first-order valence-corrected chi connectivity index (χ1v) is 14.6. The van der Waals surface area contributed by atoms with Crippen LogP contribution in [-0.4, -0.2) is 9.97 Å². The number of hydrogen-bond acceptors (Lipinski definition) is 2. The summed E-state index contributed by atoms with van der Waals surface area (Å²) in [6.07, 6.45) is 3.65. The molecule has 0 saturated heterocycles. The Kier molecular flexibility index (Phi) is 7.35. The van der Waals surface area contributed by atoms with E-state index in [0.29, 0.717) is 5.02 Å². The molecule has 0 fully saturated rings. The zero-order chi connectivity index (χ0) is 29.0. The van der Waals surface area contributed by atoms with Crippen LogP contribution in [0.4, 0.5) is 0 Å². The van der Waals surface area contributed by atoms with Crippen LogP contribution in [0.25, 0.3) is 67.0 Å². The maximum atomic E-state index is 6.81. The van der Waals surface area contributed by atoms with Crippen molar-refractivity contribution in [3.63, 3.8) is 0 Å². The van der Waals surface area contributed by atoms with Gasteiger partial charge < -0.3 is 0 Å². The molecule has 3 heteroatoms. The van der Waals surface area contributed by atoms with Gasteiger partial charge in [-0.1, -0.05) is 121 Å². The second kappa shape index (κ2) is 11.9. The summed E-state index contributed by atoms with van der Waals surface area (Å²) in [6.45, 7) is 0. The third-order valence-electron chi connectivity index (χ3n) is 7.69. The number of nitrogens with zero attached hydrogens (tertiary/aromatic N) is 2. The molecule has 0 aliphatic carbocycles. The number of pyridine rings is 2. The van der Waals surface area contributed by atoms with E-state index < -0.39 is 0 Å². The molecule has 0 bridgehead atoms. The molecule has 0 saturated carbocycles. The van der Waals surface area contributed by atoms with Gasteiger partial charge in [-0.05, 0) is 87.0 Å². The van der Waals surface area contributed by atoms with Crippen molar-refractivity contribution in [1.29, 1.82) is 0 Å². The molecule has 204 valence electrons. The van der Waals surface area contributed by atoms with E-state index in [-0.39, 0.29) is 0 Å². The van der Waals surface area contributed by atoms with E-state index in [1.807, 2.05) is 48.8 Å². The molecule has 5 aromatic carbocycles. The maximum absolute atomic E-state index is 6.81. The van der Waals surface area contributed by atoms with E-state index in [9.17, 15) is 0 Å². The molecular weight excluding hydrogens is 544 g/mol. The monoisotopic (exact) mass is 570 g/mol. The van der Waals surface area contributed by atoms with Gasteiger partial charge in [-0.25, -0.2) is 0 Å². The first kappa shape index (κ1) is 26.6. The molecule has 7 aromatic rings. The molecule has 2 heterocycles. The van der Waals surface area contributed by atoms with Gasteiger partial charge >= 0.3 is 0 Å². The van der Waals surface area contributed by atoms with Crippen LogP contribution in [-0.2, 0) is 0 Å². The molecule has 2 aromatic heterocycles. The molecule has 7 rings (SSSR count). The van der Waals surface area contributed by atoms with Crippen LogP contribution < -0.4 is 0 Å². The van der Waals surface area contributed by atoms with E-state index in [1.165, 1.54) is 0 Å². The minimum Gasteiger partial charge on any atom is -0.256 e. The largest absolute Gasteiger partial charge is 0.256 e. The standard InChI is InChI=1S/C40H27ClN2/c41-34-26-32(37-11-3-1-9-35(37)28-15-19-30(20-16-28)39-13-5-7-23-42-39)25-33(27-34)38-12-4-2-10-36(38)29-17-21-31(22-18-29)40-14-6-8-24-43-40/h1-27H. The van der Waals surface area contributed by atoms with Crippen molar-refractivity contribution in [1.82, 2.24) is 9.97 Å². The highest BCUT2D eigenvalue weighted by molar-refractivity contribution is 6.31. The molecule has 0 unspecified atom stereocenters. The summed E-state index contributed by atoms with van der Waals surface area (Å²) in [5.41, 5.74) is 13.1. The Bertz CT molecular complexity index is 1860. The van der Waals surface area contributed by atoms with Crippen LogP contribution in [0.2, 0.25) is 5.02 Å². The highest BCUT2D eigenvalue weighted by atomic mass is 35.5. The van der Waals surface area contributed by atoms with Crippen LogP contribution in [0.5, 0.6) is 0 Å². The molecule has 0 amide bonds. The summed E-state index contributed by atoms with van der Waals surface area (Å²) < 4.78 is 0.